The fraction of sp³-hybridized carbons (Fsp3) is 0.438. The highest BCUT2D eigenvalue weighted by Gasteiger charge is 2.27. The molecule has 1 heterocycles. The second-order valence-corrected chi connectivity index (χ2v) is 5.24. The minimum Gasteiger partial charge on any atom is -0.344 e. The van der Waals surface area contributed by atoms with Crippen LogP contribution >= 0.6 is 0 Å². The highest BCUT2D eigenvalue weighted by atomic mass is 16.2. The molecule has 21 heavy (non-hydrogen) atoms. The molecular formula is C16H20N2O3. The van der Waals surface area contributed by atoms with Gasteiger partial charge >= 0.3 is 0 Å². The normalized spacial score (nSPS) is 18.2. The minimum absolute atomic E-state index is 0.163. The van der Waals surface area contributed by atoms with Crippen LogP contribution in [-0.4, -0.2) is 23.8 Å². The lowest BCUT2D eigenvalue weighted by Gasteiger charge is -2.21. The minimum atomic E-state index is -0.585. The van der Waals surface area contributed by atoms with Gasteiger partial charge in [-0.05, 0) is 30.4 Å². The Bertz CT molecular complexity index is 537. The van der Waals surface area contributed by atoms with Gasteiger partial charge in [-0.2, -0.15) is 0 Å². The molecule has 0 bridgehead atoms. The van der Waals surface area contributed by atoms with Crippen molar-refractivity contribution in [3.63, 3.8) is 0 Å². The first-order valence-corrected chi connectivity index (χ1v) is 7.29. The van der Waals surface area contributed by atoms with E-state index in [4.69, 9.17) is 0 Å². The summed E-state index contributed by atoms with van der Waals surface area (Å²) in [4.78, 5) is 34.4. The molecule has 1 aromatic carbocycles. The Morgan fingerprint density at radius 3 is 2.52 bits per heavy atom. The lowest BCUT2D eigenvalue weighted by molar-refractivity contribution is -0.137. The second kappa shape index (κ2) is 7.02. The van der Waals surface area contributed by atoms with Crippen molar-refractivity contribution in [3.8, 4) is 0 Å². The number of nitrogens with one attached hydrogen (secondary N) is 2. The quantitative estimate of drug-likeness (QED) is 0.797. The van der Waals surface area contributed by atoms with E-state index in [2.05, 4.69) is 29.7 Å². The summed E-state index contributed by atoms with van der Waals surface area (Å²) in [5, 5.41) is 4.91. The fourth-order valence-corrected chi connectivity index (χ4v) is 2.30. The van der Waals surface area contributed by atoms with Crippen LogP contribution < -0.4 is 10.6 Å². The number of rotatable bonds is 5. The van der Waals surface area contributed by atoms with Crippen LogP contribution in [0.2, 0.25) is 0 Å². The largest absolute Gasteiger partial charge is 0.344 e. The van der Waals surface area contributed by atoms with Gasteiger partial charge in [-0.1, -0.05) is 31.2 Å². The van der Waals surface area contributed by atoms with Crippen LogP contribution in [0.1, 0.15) is 37.3 Å². The predicted molar refractivity (Wildman–Crippen MR) is 78.5 cm³/mol. The maximum absolute atomic E-state index is 11.9. The van der Waals surface area contributed by atoms with Crippen LogP contribution in [-0.2, 0) is 27.2 Å². The Balaban J connectivity index is 1.79. The average molecular weight is 288 g/mol. The summed E-state index contributed by atoms with van der Waals surface area (Å²) in [5.74, 6) is -0.850. The second-order valence-electron chi connectivity index (χ2n) is 5.24. The summed E-state index contributed by atoms with van der Waals surface area (Å²) < 4.78 is 0. The van der Waals surface area contributed by atoms with E-state index < -0.39 is 11.9 Å². The van der Waals surface area contributed by atoms with Crippen molar-refractivity contribution in [2.45, 2.75) is 45.1 Å². The first-order chi connectivity index (χ1) is 10.1. The van der Waals surface area contributed by atoms with E-state index in [1.807, 2.05) is 12.1 Å². The predicted octanol–water partition coefficient (Wildman–Crippen LogP) is 1.10. The van der Waals surface area contributed by atoms with Crippen LogP contribution in [0.4, 0.5) is 0 Å². The molecule has 112 valence electrons. The molecule has 1 atom stereocenters. The number of hydrogen-bond donors (Lipinski definition) is 2. The molecule has 1 aliphatic heterocycles. The van der Waals surface area contributed by atoms with Gasteiger partial charge in [-0.15, -0.1) is 0 Å². The summed E-state index contributed by atoms with van der Waals surface area (Å²) in [6, 6.07) is 7.59. The number of benzene rings is 1. The third-order valence-corrected chi connectivity index (χ3v) is 3.65. The molecule has 0 radical (unpaired) electrons. The molecule has 3 amide bonds. The van der Waals surface area contributed by atoms with E-state index in [1.54, 1.807) is 0 Å². The number of imide groups is 1. The summed E-state index contributed by atoms with van der Waals surface area (Å²) in [6.07, 6.45) is 2.62. The van der Waals surface area contributed by atoms with Gasteiger partial charge in [-0.3, -0.25) is 19.7 Å². The third-order valence-electron chi connectivity index (χ3n) is 3.65. The highest BCUT2D eigenvalue weighted by Crippen LogP contribution is 2.08. The van der Waals surface area contributed by atoms with Gasteiger partial charge in [0.25, 0.3) is 0 Å². The number of aryl methyl sites for hydroxylation is 2. The summed E-state index contributed by atoms with van der Waals surface area (Å²) in [7, 11) is 0. The Morgan fingerprint density at radius 2 is 1.90 bits per heavy atom. The molecule has 0 aromatic heterocycles. The Kier molecular flexibility index (Phi) is 5.09. The van der Waals surface area contributed by atoms with E-state index >= 15 is 0 Å². The van der Waals surface area contributed by atoms with E-state index in [0.29, 0.717) is 19.3 Å². The number of piperidine rings is 1. The SMILES string of the molecule is CCc1ccc(CCC(=O)NC2CCC(=O)NC2=O)cc1. The topological polar surface area (TPSA) is 75.3 Å². The number of carbonyl (C=O) groups excluding carboxylic acids is 3. The van der Waals surface area contributed by atoms with Crippen molar-refractivity contribution in [2.75, 3.05) is 0 Å². The van der Waals surface area contributed by atoms with Crippen LogP contribution in [0.5, 0.6) is 0 Å². The fourth-order valence-electron chi connectivity index (χ4n) is 2.30. The van der Waals surface area contributed by atoms with E-state index in [1.165, 1.54) is 5.56 Å². The van der Waals surface area contributed by atoms with Gasteiger partial charge in [0.05, 0.1) is 0 Å². The molecule has 5 nitrogen and oxygen atoms in total. The van der Waals surface area contributed by atoms with Gasteiger partial charge in [0, 0.05) is 12.8 Å². The first-order valence-electron chi connectivity index (χ1n) is 7.29. The van der Waals surface area contributed by atoms with Crippen molar-refractivity contribution in [2.24, 2.45) is 0 Å². The van der Waals surface area contributed by atoms with Crippen LogP contribution in [0, 0.1) is 0 Å². The van der Waals surface area contributed by atoms with Crippen molar-refractivity contribution < 1.29 is 14.4 Å². The summed E-state index contributed by atoms with van der Waals surface area (Å²) in [5.41, 5.74) is 2.37. The molecule has 1 saturated heterocycles. The third kappa shape index (κ3) is 4.41. The van der Waals surface area contributed by atoms with Crippen molar-refractivity contribution >= 4 is 17.7 Å². The zero-order chi connectivity index (χ0) is 15.2. The Labute approximate surface area is 124 Å². The average Bonchev–Trinajstić information content (AvgIpc) is 2.48. The van der Waals surface area contributed by atoms with Crippen molar-refractivity contribution in [1.82, 2.24) is 10.6 Å². The highest BCUT2D eigenvalue weighted by molar-refractivity contribution is 6.01. The number of carbonyl (C=O) groups is 3. The monoisotopic (exact) mass is 288 g/mol. The molecule has 2 N–H and O–H groups in total. The molecule has 0 aliphatic carbocycles. The van der Waals surface area contributed by atoms with Crippen LogP contribution in [0.25, 0.3) is 0 Å². The number of hydrogen-bond acceptors (Lipinski definition) is 3. The Morgan fingerprint density at radius 1 is 1.24 bits per heavy atom. The maximum Gasteiger partial charge on any atom is 0.249 e. The molecule has 1 fully saturated rings. The number of amides is 3. The lowest BCUT2D eigenvalue weighted by Crippen LogP contribution is -2.52. The van der Waals surface area contributed by atoms with E-state index in [9.17, 15) is 14.4 Å². The molecule has 1 aliphatic rings. The maximum atomic E-state index is 11.9. The van der Waals surface area contributed by atoms with Crippen molar-refractivity contribution in [3.05, 3.63) is 35.4 Å². The standard InChI is InChI=1S/C16H20N2O3/c1-2-11-3-5-12(6-4-11)7-9-14(19)17-13-8-10-15(20)18-16(13)21/h3-6,13H,2,7-10H2,1H3,(H,17,19)(H,18,20,21). The van der Waals surface area contributed by atoms with Crippen LogP contribution in [0.3, 0.4) is 0 Å². The summed E-state index contributed by atoms with van der Waals surface area (Å²) in [6.45, 7) is 2.10. The van der Waals surface area contributed by atoms with E-state index in [0.717, 1.165) is 12.0 Å². The zero-order valence-corrected chi connectivity index (χ0v) is 12.1. The molecular weight excluding hydrogens is 268 g/mol. The molecule has 1 unspecified atom stereocenters. The van der Waals surface area contributed by atoms with Gasteiger partial charge in [0.1, 0.15) is 6.04 Å². The molecule has 1 aromatic rings. The first kappa shape index (κ1) is 15.2. The lowest BCUT2D eigenvalue weighted by atomic mass is 10.0. The van der Waals surface area contributed by atoms with Gasteiger partial charge in [0.15, 0.2) is 0 Å². The molecule has 2 rings (SSSR count). The smallest absolute Gasteiger partial charge is 0.249 e. The van der Waals surface area contributed by atoms with Gasteiger partial charge in [0.2, 0.25) is 17.7 Å². The van der Waals surface area contributed by atoms with Crippen molar-refractivity contribution in [1.29, 1.82) is 0 Å². The zero-order valence-electron chi connectivity index (χ0n) is 12.1. The van der Waals surface area contributed by atoms with Crippen LogP contribution in [0.15, 0.2) is 24.3 Å². The molecule has 0 spiro atoms. The van der Waals surface area contributed by atoms with Gasteiger partial charge in [-0.25, -0.2) is 0 Å². The molecule has 5 heteroatoms. The Hall–Kier alpha value is -2.17. The summed E-state index contributed by atoms with van der Waals surface area (Å²) >= 11 is 0. The molecule has 0 saturated carbocycles. The van der Waals surface area contributed by atoms with Gasteiger partial charge < -0.3 is 5.32 Å². The van der Waals surface area contributed by atoms with E-state index in [-0.39, 0.29) is 18.2 Å².